The molecule has 0 aliphatic carbocycles. The Morgan fingerprint density at radius 1 is 1.14 bits per heavy atom. The van der Waals surface area contributed by atoms with E-state index in [0.29, 0.717) is 24.7 Å². The summed E-state index contributed by atoms with van der Waals surface area (Å²) in [4.78, 5) is 22.3. The van der Waals surface area contributed by atoms with E-state index in [1.807, 2.05) is 18.2 Å². The van der Waals surface area contributed by atoms with Gasteiger partial charge in [-0.2, -0.15) is 0 Å². The molecule has 0 saturated carbocycles. The quantitative estimate of drug-likeness (QED) is 0.443. The van der Waals surface area contributed by atoms with Crippen LogP contribution in [0.15, 0.2) is 48.5 Å². The first-order valence-corrected chi connectivity index (χ1v) is 6.66. The van der Waals surface area contributed by atoms with E-state index in [2.05, 4.69) is 0 Å². The Labute approximate surface area is 122 Å². The summed E-state index contributed by atoms with van der Waals surface area (Å²) in [5, 5.41) is 0. The van der Waals surface area contributed by atoms with Crippen LogP contribution in [0.25, 0.3) is 0 Å². The molecule has 2 aromatic rings. The van der Waals surface area contributed by atoms with E-state index in [4.69, 9.17) is 4.74 Å². The van der Waals surface area contributed by atoms with Gasteiger partial charge < -0.3 is 4.74 Å². The minimum absolute atomic E-state index is 0.0379. The molecule has 0 bridgehead atoms. The molecule has 0 aromatic heterocycles. The van der Waals surface area contributed by atoms with Crippen molar-refractivity contribution in [3.8, 4) is 5.75 Å². The highest BCUT2D eigenvalue weighted by Gasteiger charge is 2.07. The zero-order valence-corrected chi connectivity index (χ0v) is 11.4. The Balaban J connectivity index is 1.80. The molecule has 21 heavy (non-hydrogen) atoms. The highest BCUT2D eigenvalue weighted by atomic mass is 19.1. The normalized spacial score (nSPS) is 10.1. The van der Waals surface area contributed by atoms with Crippen LogP contribution in [0.2, 0.25) is 0 Å². The Hall–Kier alpha value is -2.49. The molecule has 0 heterocycles. The number of benzene rings is 2. The van der Waals surface area contributed by atoms with Gasteiger partial charge in [0.2, 0.25) is 0 Å². The van der Waals surface area contributed by atoms with Crippen molar-refractivity contribution >= 4 is 12.1 Å². The van der Waals surface area contributed by atoms with E-state index >= 15 is 0 Å². The van der Waals surface area contributed by atoms with Crippen molar-refractivity contribution in [3.05, 3.63) is 65.5 Å². The molecule has 108 valence electrons. The summed E-state index contributed by atoms with van der Waals surface area (Å²) in [6.45, 7) is 0.246. The molecule has 2 rings (SSSR count). The van der Waals surface area contributed by atoms with Crippen LogP contribution in [-0.2, 0) is 0 Å². The van der Waals surface area contributed by atoms with Crippen LogP contribution in [0.4, 0.5) is 4.39 Å². The van der Waals surface area contributed by atoms with Crippen molar-refractivity contribution in [3.63, 3.8) is 0 Å². The molecule has 0 N–H and O–H groups in total. The fraction of sp³-hybridized carbons (Fsp3) is 0.176. The van der Waals surface area contributed by atoms with Crippen LogP contribution in [0, 0.1) is 5.82 Å². The zero-order valence-electron chi connectivity index (χ0n) is 11.4. The van der Waals surface area contributed by atoms with Gasteiger partial charge in [0.1, 0.15) is 6.29 Å². The average molecular weight is 286 g/mol. The Kier molecular flexibility index (Phi) is 5.21. The summed E-state index contributed by atoms with van der Waals surface area (Å²) >= 11 is 0. The predicted octanol–water partition coefficient (Wildman–Crippen LogP) is 3.68. The van der Waals surface area contributed by atoms with Gasteiger partial charge in [-0.1, -0.05) is 30.3 Å². The maximum absolute atomic E-state index is 13.5. The van der Waals surface area contributed by atoms with Crippen LogP contribution < -0.4 is 4.74 Å². The summed E-state index contributed by atoms with van der Waals surface area (Å²) in [7, 11) is 0. The topological polar surface area (TPSA) is 43.4 Å². The molecule has 3 nitrogen and oxygen atoms in total. The molecule has 0 radical (unpaired) electrons. The molecule has 0 spiro atoms. The second-order valence-electron chi connectivity index (χ2n) is 4.55. The third-order valence-electron chi connectivity index (χ3n) is 2.99. The van der Waals surface area contributed by atoms with E-state index in [-0.39, 0.29) is 23.7 Å². The van der Waals surface area contributed by atoms with E-state index in [1.54, 1.807) is 12.1 Å². The molecule has 0 aliphatic heterocycles. The van der Waals surface area contributed by atoms with Crippen molar-refractivity contribution in [1.82, 2.24) is 0 Å². The molecule has 0 saturated heterocycles. The second kappa shape index (κ2) is 7.33. The smallest absolute Gasteiger partial charge is 0.165 e. The van der Waals surface area contributed by atoms with Gasteiger partial charge in [0, 0.05) is 17.5 Å². The van der Waals surface area contributed by atoms with Crippen molar-refractivity contribution < 1.29 is 18.7 Å². The van der Waals surface area contributed by atoms with Gasteiger partial charge in [0.15, 0.2) is 17.3 Å². The number of carbonyl (C=O) groups is 2. The third-order valence-corrected chi connectivity index (χ3v) is 2.99. The number of halogens is 1. The number of aldehydes is 1. The molecule has 4 heteroatoms. The van der Waals surface area contributed by atoms with Gasteiger partial charge in [-0.05, 0) is 24.6 Å². The lowest BCUT2D eigenvalue weighted by Gasteiger charge is -2.07. The largest absolute Gasteiger partial charge is 0.491 e. The number of rotatable bonds is 7. The molecule has 0 fully saturated rings. The van der Waals surface area contributed by atoms with E-state index in [0.717, 1.165) is 6.07 Å². The number of ketones is 1. The molecule has 0 atom stereocenters. The van der Waals surface area contributed by atoms with Gasteiger partial charge in [0.25, 0.3) is 0 Å². The van der Waals surface area contributed by atoms with Crippen LogP contribution in [0.3, 0.4) is 0 Å². The van der Waals surface area contributed by atoms with Crippen molar-refractivity contribution in [1.29, 1.82) is 0 Å². The molecule has 0 unspecified atom stereocenters. The number of ether oxygens (including phenoxy) is 1. The van der Waals surface area contributed by atoms with Crippen LogP contribution in [0.5, 0.6) is 5.75 Å². The summed E-state index contributed by atoms with van der Waals surface area (Å²) in [6, 6.07) is 13.0. The van der Waals surface area contributed by atoms with Gasteiger partial charge in [-0.25, -0.2) is 4.39 Å². The molecular formula is C17H15FO3. The van der Waals surface area contributed by atoms with Gasteiger partial charge in [0.05, 0.1) is 6.61 Å². The van der Waals surface area contributed by atoms with Gasteiger partial charge in [-0.15, -0.1) is 0 Å². The Bertz CT molecular complexity index is 623. The minimum Gasteiger partial charge on any atom is -0.491 e. The number of Topliss-reactive ketones (excluding diaryl/α,β-unsaturated/α-hetero) is 1. The highest BCUT2D eigenvalue weighted by Crippen LogP contribution is 2.18. The van der Waals surface area contributed by atoms with Crippen LogP contribution >= 0.6 is 0 Å². The number of hydrogen-bond donors (Lipinski definition) is 0. The third kappa shape index (κ3) is 4.24. The maximum atomic E-state index is 13.5. The number of hydrogen-bond acceptors (Lipinski definition) is 3. The summed E-state index contributed by atoms with van der Waals surface area (Å²) in [5.41, 5.74) is 0.929. The number of carbonyl (C=O) groups excluding carboxylic acids is 2. The lowest BCUT2D eigenvalue weighted by molar-refractivity contribution is 0.0972. The summed E-state index contributed by atoms with van der Waals surface area (Å²) in [6.07, 6.45) is 1.42. The monoisotopic (exact) mass is 286 g/mol. The summed E-state index contributed by atoms with van der Waals surface area (Å²) < 4.78 is 18.8. The predicted molar refractivity (Wildman–Crippen MR) is 77.3 cm³/mol. The van der Waals surface area contributed by atoms with E-state index in [1.165, 1.54) is 12.1 Å². The van der Waals surface area contributed by atoms with Gasteiger partial charge >= 0.3 is 0 Å². The lowest BCUT2D eigenvalue weighted by Crippen LogP contribution is -2.04. The fourth-order valence-corrected chi connectivity index (χ4v) is 1.89. The first kappa shape index (κ1) is 14.9. The minimum atomic E-state index is -0.575. The molecule has 0 aliphatic rings. The molecule has 2 aromatic carbocycles. The van der Waals surface area contributed by atoms with Gasteiger partial charge in [-0.3, -0.25) is 9.59 Å². The first-order valence-electron chi connectivity index (χ1n) is 6.66. The standard InChI is InChI=1S/C17H15FO3/c18-15-11-13(12-19)8-9-17(15)21-10-4-7-16(20)14-5-2-1-3-6-14/h1-3,5-6,8-9,11-12H,4,7,10H2. The van der Waals surface area contributed by atoms with Crippen molar-refractivity contribution in [2.45, 2.75) is 12.8 Å². The van der Waals surface area contributed by atoms with E-state index < -0.39 is 5.82 Å². The maximum Gasteiger partial charge on any atom is 0.165 e. The van der Waals surface area contributed by atoms with Crippen LogP contribution in [-0.4, -0.2) is 18.7 Å². The molecular weight excluding hydrogens is 271 g/mol. The Morgan fingerprint density at radius 2 is 1.90 bits per heavy atom. The lowest BCUT2D eigenvalue weighted by atomic mass is 10.1. The SMILES string of the molecule is O=Cc1ccc(OCCCC(=O)c2ccccc2)c(F)c1. The Morgan fingerprint density at radius 3 is 2.57 bits per heavy atom. The molecule has 0 amide bonds. The van der Waals surface area contributed by atoms with E-state index in [9.17, 15) is 14.0 Å². The summed E-state index contributed by atoms with van der Waals surface area (Å²) in [5.74, 6) is -0.447. The highest BCUT2D eigenvalue weighted by molar-refractivity contribution is 5.95. The van der Waals surface area contributed by atoms with Crippen molar-refractivity contribution in [2.24, 2.45) is 0 Å². The second-order valence-corrected chi connectivity index (χ2v) is 4.55. The fourth-order valence-electron chi connectivity index (χ4n) is 1.89. The first-order chi connectivity index (χ1) is 10.2. The van der Waals surface area contributed by atoms with Crippen LogP contribution in [0.1, 0.15) is 33.6 Å². The van der Waals surface area contributed by atoms with Crippen molar-refractivity contribution in [2.75, 3.05) is 6.61 Å². The average Bonchev–Trinajstić information content (AvgIpc) is 2.53. The zero-order chi connectivity index (χ0) is 15.1.